The number of hydrogen-bond acceptors (Lipinski definition) is 2. The summed E-state index contributed by atoms with van der Waals surface area (Å²) in [5.41, 5.74) is 1.47. The monoisotopic (exact) mass is 245 g/mol. The van der Waals surface area contributed by atoms with Crippen LogP contribution in [-0.4, -0.2) is 22.2 Å². The minimum absolute atomic E-state index is 0.0288. The number of hydrogen-bond donors (Lipinski definition) is 1. The Morgan fingerprint density at radius 1 is 1.50 bits per heavy atom. The molecule has 1 aromatic carbocycles. The molecule has 1 unspecified atom stereocenters. The van der Waals surface area contributed by atoms with Crippen LogP contribution in [0.1, 0.15) is 18.4 Å². The topological polar surface area (TPSA) is 51.5 Å². The van der Waals surface area contributed by atoms with E-state index >= 15 is 0 Å². The summed E-state index contributed by atoms with van der Waals surface area (Å²) < 4.78 is 7.67. The number of carboxylic acids is 1. The lowest BCUT2D eigenvalue weighted by molar-refractivity contribution is -0.175. The van der Waals surface area contributed by atoms with Gasteiger partial charge in [-0.05, 0) is 6.07 Å². The SMILES string of the molecule is Cn1cc(C2(CC(=O)O)CCO2)c2ccccc21. The van der Waals surface area contributed by atoms with Gasteiger partial charge in [-0.1, -0.05) is 18.2 Å². The summed E-state index contributed by atoms with van der Waals surface area (Å²) in [6.07, 6.45) is 2.79. The summed E-state index contributed by atoms with van der Waals surface area (Å²) in [5.74, 6) is -0.817. The van der Waals surface area contributed by atoms with Crippen LogP contribution in [0.2, 0.25) is 0 Å². The van der Waals surface area contributed by atoms with Crippen molar-refractivity contribution in [2.24, 2.45) is 7.05 Å². The number of fused-ring (bicyclic) bond motifs is 1. The van der Waals surface area contributed by atoms with E-state index in [1.807, 2.05) is 42.1 Å². The van der Waals surface area contributed by atoms with E-state index in [-0.39, 0.29) is 6.42 Å². The number of aryl methyl sites for hydroxylation is 1. The van der Waals surface area contributed by atoms with Crippen LogP contribution in [0.25, 0.3) is 10.9 Å². The number of aromatic nitrogens is 1. The average Bonchev–Trinajstić information content (AvgIpc) is 2.62. The van der Waals surface area contributed by atoms with Crippen LogP contribution in [0.15, 0.2) is 30.5 Å². The summed E-state index contributed by atoms with van der Waals surface area (Å²) in [6.45, 7) is 0.635. The first-order valence-electron chi connectivity index (χ1n) is 6.03. The zero-order valence-corrected chi connectivity index (χ0v) is 10.2. The number of rotatable bonds is 3. The third-order valence-corrected chi connectivity index (χ3v) is 3.71. The lowest BCUT2D eigenvalue weighted by Crippen LogP contribution is -2.42. The summed E-state index contributed by atoms with van der Waals surface area (Å²) in [6, 6.07) is 8.01. The van der Waals surface area contributed by atoms with Crippen LogP contribution in [0.3, 0.4) is 0 Å². The summed E-state index contributed by atoms with van der Waals surface area (Å²) >= 11 is 0. The van der Waals surface area contributed by atoms with Gasteiger partial charge in [-0.15, -0.1) is 0 Å². The molecule has 2 aromatic rings. The number of carboxylic acid groups (broad SMARTS) is 1. The smallest absolute Gasteiger partial charge is 0.306 e. The van der Waals surface area contributed by atoms with Crippen molar-refractivity contribution in [3.8, 4) is 0 Å². The van der Waals surface area contributed by atoms with Gasteiger partial charge < -0.3 is 14.4 Å². The lowest BCUT2D eigenvalue weighted by atomic mass is 9.83. The molecule has 0 aliphatic carbocycles. The molecule has 1 aliphatic heterocycles. The van der Waals surface area contributed by atoms with E-state index in [1.54, 1.807) is 0 Å². The first kappa shape index (κ1) is 11.3. The number of carbonyl (C=O) groups is 1. The molecule has 4 nitrogen and oxygen atoms in total. The molecular weight excluding hydrogens is 230 g/mol. The van der Waals surface area contributed by atoms with Gasteiger partial charge in [0.15, 0.2) is 0 Å². The lowest BCUT2D eigenvalue weighted by Gasteiger charge is -2.40. The summed E-state index contributed by atoms with van der Waals surface area (Å²) in [4.78, 5) is 11.0. The molecule has 0 saturated carbocycles. The van der Waals surface area contributed by atoms with Gasteiger partial charge in [-0.3, -0.25) is 4.79 Å². The molecule has 0 radical (unpaired) electrons. The Morgan fingerprint density at radius 3 is 2.83 bits per heavy atom. The molecule has 1 N–H and O–H groups in total. The molecule has 1 aliphatic rings. The van der Waals surface area contributed by atoms with Crippen LogP contribution < -0.4 is 0 Å². The van der Waals surface area contributed by atoms with Gasteiger partial charge in [0.25, 0.3) is 0 Å². The molecule has 0 amide bonds. The molecular formula is C14H15NO3. The standard InChI is InChI=1S/C14H15NO3/c1-15-9-11(10-4-2-3-5-12(10)15)14(6-7-18-14)8-13(16)17/h2-5,9H,6-8H2,1H3,(H,16,17). The van der Waals surface area contributed by atoms with Crippen molar-refractivity contribution in [2.45, 2.75) is 18.4 Å². The van der Waals surface area contributed by atoms with Crippen molar-refractivity contribution in [3.63, 3.8) is 0 Å². The fraction of sp³-hybridized carbons (Fsp3) is 0.357. The van der Waals surface area contributed by atoms with Crippen LogP contribution >= 0.6 is 0 Å². The number of benzene rings is 1. The van der Waals surface area contributed by atoms with E-state index in [0.717, 1.165) is 22.9 Å². The van der Waals surface area contributed by atoms with Gasteiger partial charge >= 0.3 is 5.97 Å². The van der Waals surface area contributed by atoms with E-state index in [4.69, 9.17) is 9.84 Å². The highest BCUT2D eigenvalue weighted by atomic mass is 16.5. The number of para-hydroxylation sites is 1. The van der Waals surface area contributed by atoms with Crippen molar-refractivity contribution in [1.29, 1.82) is 0 Å². The molecule has 1 aromatic heterocycles. The maximum absolute atomic E-state index is 11.0. The highest BCUT2D eigenvalue weighted by Crippen LogP contribution is 2.44. The molecule has 1 atom stereocenters. The molecule has 18 heavy (non-hydrogen) atoms. The van der Waals surface area contributed by atoms with Crippen molar-refractivity contribution in [3.05, 3.63) is 36.0 Å². The van der Waals surface area contributed by atoms with E-state index in [2.05, 4.69) is 0 Å². The Hall–Kier alpha value is -1.81. The predicted octanol–water partition coefficient (Wildman–Crippen LogP) is 2.27. The highest BCUT2D eigenvalue weighted by molar-refractivity contribution is 5.85. The highest BCUT2D eigenvalue weighted by Gasteiger charge is 2.44. The van der Waals surface area contributed by atoms with E-state index in [1.165, 1.54) is 0 Å². The zero-order valence-electron chi connectivity index (χ0n) is 10.2. The summed E-state index contributed by atoms with van der Waals surface area (Å²) in [7, 11) is 1.97. The Labute approximate surface area is 105 Å². The Bertz CT molecular complexity index is 611. The van der Waals surface area contributed by atoms with Crippen LogP contribution in [0.4, 0.5) is 0 Å². The maximum atomic E-state index is 11.0. The molecule has 4 heteroatoms. The minimum Gasteiger partial charge on any atom is -0.481 e. The van der Waals surface area contributed by atoms with Crippen molar-refractivity contribution in [1.82, 2.24) is 4.57 Å². The second kappa shape index (κ2) is 3.85. The molecule has 2 heterocycles. The van der Waals surface area contributed by atoms with Gasteiger partial charge in [0.1, 0.15) is 5.60 Å². The normalized spacial score (nSPS) is 22.9. The van der Waals surface area contributed by atoms with Crippen molar-refractivity contribution < 1.29 is 14.6 Å². The Morgan fingerprint density at radius 2 is 2.22 bits per heavy atom. The fourth-order valence-electron chi connectivity index (χ4n) is 2.74. The molecule has 0 spiro atoms. The molecule has 1 fully saturated rings. The van der Waals surface area contributed by atoms with E-state index in [0.29, 0.717) is 6.61 Å². The van der Waals surface area contributed by atoms with Crippen molar-refractivity contribution in [2.75, 3.05) is 6.61 Å². The molecule has 1 saturated heterocycles. The molecule has 94 valence electrons. The largest absolute Gasteiger partial charge is 0.481 e. The zero-order chi connectivity index (χ0) is 12.8. The van der Waals surface area contributed by atoms with Gasteiger partial charge in [-0.2, -0.15) is 0 Å². The second-order valence-corrected chi connectivity index (χ2v) is 4.83. The third kappa shape index (κ3) is 1.53. The average molecular weight is 245 g/mol. The van der Waals surface area contributed by atoms with E-state index < -0.39 is 11.6 Å². The predicted molar refractivity (Wildman–Crippen MR) is 67.4 cm³/mol. The number of nitrogens with zero attached hydrogens (tertiary/aromatic N) is 1. The van der Waals surface area contributed by atoms with Crippen LogP contribution in [-0.2, 0) is 22.2 Å². The van der Waals surface area contributed by atoms with Gasteiger partial charge in [0.05, 0.1) is 13.0 Å². The quantitative estimate of drug-likeness (QED) is 0.902. The molecule has 0 bridgehead atoms. The molecule has 3 rings (SSSR count). The van der Waals surface area contributed by atoms with E-state index in [9.17, 15) is 4.79 Å². The number of ether oxygens (including phenoxy) is 1. The van der Waals surface area contributed by atoms with Gasteiger partial charge in [-0.25, -0.2) is 0 Å². The second-order valence-electron chi connectivity index (χ2n) is 4.83. The number of aliphatic carboxylic acids is 1. The maximum Gasteiger partial charge on any atom is 0.306 e. The first-order chi connectivity index (χ1) is 8.62. The third-order valence-electron chi connectivity index (χ3n) is 3.71. The fourth-order valence-corrected chi connectivity index (χ4v) is 2.74. The Kier molecular flexibility index (Phi) is 2.41. The minimum atomic E-state index is -0.817. The van der Waals surface area contributed by atoms with Gasteiger partial charge in [0.2, 0.25) is 0 Å². The van der Waals surface area contributed by atoms with Crippen LogP contribution in [0, 0.1) is 0 Å². The van der Waals surface area contributed by atoms with Crippen molar-refractivity contribution >= 4 is 16.9 Å². The Balaban J connectivity index is 2.16. The van der Waals surface area contributed by atoms with Crippen LogP contribution in [0.5, 0.6) is 0 Å². The first-order valence-corrected chi connectivity index (χ1v) is 6.03. The summed E-state index contributed by atoms with van der Waals surface area (Å²) in [5, 5.41) is 10.2. The van der Waals surface area contributed by atoms with Gasteiger partial charge in [0, 0.05) is 36.1 Å².